The van der Waals surface area contributed by atoms with E-state index in [-0.39, 0.29) is 40.9 Å². The van der Waals surface area contributed by atoms with Crippen LogP contribution in [-0.2, 0) is 23.9 Å². The van der Waals surface area contributed by atoms with Crippen LogP contribution in [0.15, 0.2) is 0 Å². The van der Waals surface area contributed by atoms with Crippen molar-refractivity contribution in [3.63, 3.8) is 0 Å². The number of esters is 2. The van der Waals surface area contributed by atoms with Crippen LogP contribution in [0.25, 0.3) is 0 Å². The van der Waals surface area contributed by atoms with E-state index in [9.17, 15) is 14.4 Å². The van der Waals surface area contributed by atoms with E-state index in [1.54, 1.807) is 0 Å². The Balaban J connectivity index is 1.65. The third-order valence-corrected chi connectivity index (χ3v) is 9.01. The Morgan fingerprint density at radius 2 is 1.57 bits per heavy atom. The number of hydrogen-bond acceptors (Lipinski definition) is 5. The van der Waals surface area contributed by atoms with Gasteiger partial charge in [0.05, 0.1) is 0 Å². The van der Waals surface area contributed by atoms with Gasteiger partial charge in [0.1, 0.15) is 18.0 Å². The molecular formula is C23H34O5. The monoisotopic (exact) mass is 390 g/mol. The fourth-order valence-electron chi connectivity index (χ4n) is 7.75. The first-order valence-corrected chi connectivity index (χ1v) is 11.0. The Hall–Kier alpha value is -1.39. The van der Waals surface area contributed by atoms with Crippen molar-refractivity contribution in [3.05, 3.63) is 0 Å². The number of ether oxygens (including phenoxy) is 2. The maximum absolute atomic E-state index is 12.2. The Kier molecular flexibility index (Phi) is 4.86. The Morgan fingerprint density at radius 3 is 2.25 bits per heavy atom. The molecule has 0 N–H and O–H groups in total. The van der Waals surface area contributed by atoms with E-state index in [2.05, 4.69) is 13.8 Å². The zero-order chi connectivity index (χ0) is 20.3. The lowest BCUT2D eigenvalue weighted by Gasteiger charge is -2.61. The molecule has 4 aliphatic rings. The van der Waals surface area contributed by atoms with E-state index in [1.807, 2.05) is 0 Å². The Labute approximate surface area is 167 Å². The minimum absolute atomic E-state index is 0.00147. The summed E-state index contributed by atoms with van der Waals surface area (Å²) in [4.78, 5) is 35.7. The molecule has 4 rings (SSSR count). The number of Topliss-reactive ketones (excluding diaryl/α,β-unsaturated/α-hetero) is 1. The van der Waals surface area contributed by atoms with Crippen LogP contribution < -0.4 is 0 Å². The van der Waals surface area contributed by atoms with Gasteiger partial charge in [-0.3, -0.25) is 14.4 Å². The van der Waals surface area contributed by atoms with E-state index in [4.69, 9.17) is 9.47 Å². The quantitative estimate of drug-likeness (QED) is 0.665. The molecule has 5 nitrogen and oxygen atoms in total. The van der Waals surface area contributed by atoms with Gasteiger partial charge in [-0.05, 0) is 61.7 Å². The maximum atomic E-state index is 12.2. The lowest BCUT2D eigenvalue weighted by molar-refractivity contribution is -0.190. The molecule has 0 aliphatic heterocycles. The first kappa shape index (κ1) is 19.9. The zero-order valence-corrected chi connectivity index (χ0v) is 17.7. The molecule has 4 saturated carbocycles. The summed E-state index contributed by atoms with van der Waals surface area (Å²) in [7, 11) is 0. The van der Waals surface area contributed by atoms with Crippen molar-refractivity contribution < 1.29 is 23.9 Å². The van der Waals surface area contributed by atoms with Crippen LogP contribution in [0, 0.1) is 34.5 Å². The third-order valence-electron chi connectivity index (χ3n) is 9.01. The molecular weight excluding hydrogens is 356 g/mol. The van der Waals surface area contributed by atoms with Crippen LogP contribution >= 0.6 is 0 Å². The van der Waals surface area contributed by atoms with Crippen molar-refractivity contribution >= 4 is 17.7 Å². The molecule has 28 heavy (non-hydrogen) atoms. The second-order valence-corrected chi connectivity index (χ2v) is 10.3. The van der Waals surface area contributed by atoms with Crippen LogP contribution in [0.2, 0.25) is 0 Å². The second-order valence-electron chi connectivity index (χ2n) is 10.3. The van der Waals surface area contributed by atoms with Crippen LogP contribution in [0.3, 0.4) is 0 Å². The van der Waals surface area contributed by atoms with E-state index in [1.165, 1.54) is 13.8 Å². The average molecular weight is 391 g/mol. The van der Waals surface area contributed by atoms with Crippen molar-refractivity contribution in [2.24, 2.45) is 34.5 Å². The van der Waals surface area contributed by atoms with Gasteiger partial charge < -0.3 is 9.47 Å². The van der Waals surface area contributed by atoms with E-state index < -0.39 is 0 Å². The van der Waals surface area contributed by atoms with E-state index >= 15 is 0 Å². The molecule has 0 radical (unpaired) electrons. The highest BCUT2D eigenvalue weighted by molar-refractivity contribution is 5.80. The fourth-order valence-corrected chi connectivity index (χ4v) is 7.75. The molecule has 0 amide bonds. The van der Waals surface area contributed by atoms with Crippen LogP contribution in [0.1, 0.15) is 79.1 Å². The Morgan fingerprint density at radius 1 is 0.893 bits per heavy atom. The molecule has 8 atom stereocenters. The summed E-state index contributed by atoms with van der Waals surface area (Å²) in [5, 5.41) is 0. The summed E-state index contributed by atoms with van der Waals surface area (Å²) < 4.78 is 11.6. The molecule has 5 heteroatoms. The van der Waals surface area contributed by atoms with Gasteiger partial charge in [-0.1, -0.05) is 13.8 Å². The van der Waals surface area contributed by atoms with E-state index in [0.29, 0.717) is 36.4 Å². The van der Waals surface area contributed by atoms with E-state index in [0.717, 1.165) is 38.5 Å². The summed E-state index contributed by atoms with van der Waals surface area (Å²) in [6, 6.07) is 0. The summed E-state index contributed by atoms with van der Waals surface area (Å²) in [5.74, 6) is 1.55. The first-order chi connectivity index (χ1) is 13.1. The molecule has 156 valence electrons. The molecule has 3 unspecified atom stereocenters. The Bertz CT molecular complexity index is 686. The second kappa shape index (κ2) is 6.84. The number of carbonyl (C=O) groups is 3. The number of rotatable bonds is 2. The largest absolute Gasteiger partial charge is 0.462 e. The van der Waals surface area contributed by atoms with Crippen LogP contribution in [0.4, 0.5) is 0 Å². The minimum Gasteiger partial charge on any atom is -0.462 e. The summed E-state index contributed by atoms with van der Waals surface area (Å²) in [5.41, 5.74) is 0.0685. The normalized spacial score (nSPS) is 47.5. The number of fused-ring (bicyclic) bond motifs is 5. The lowest BCUT2D eigenvalue weighted by Crippen LogP contribution is -2.59. The van der Waals surface area contributed by atoms with Gasteiger partial charge in [0.2, 0.25) is 0 Å². The molecule has 0 heterocycles. The van der Waals surface area contributed by atoms with Crippen LogP contribution in [0.5, 0.6) is 0 Å². The molecule has 0 aromatic carbocycles. The van der Waals surface area contributed by atoms with Crippen molar-refractivity contribution in [1.29, 1.82) is 0 Å². The van der Waals surface area contributed by atoms with Gasteiger partial charge >= 0.3 is 11.9 Å². The highest BCUT2D eigenvalue weighted by atomic mass is 16.5. The van der Waals surface area contributed by atoms with Gasteiger partial charge in [-0.2, -0.15) is 0 Å². The summed E-state index contributed by atoms with van der Waals surface area (Å²) in [6.07, 6.45) is 7.00. The molecule has 4 fully saturated rings. The summed E-state index contributed by atoms with van der Waals surface area (Å²) in [6.45, 7) is 7.63. The number of ketones is 1. The molecule has 0 spiro atoms. The number of carbonyl (C=O) groups excluding carboxylic acids is 3. The van der Waals surface area contributed by atoms with Crippen molar-refractivity contribution in [3.8, 4) is 0 Å². The molecule has 0 bridgehead atoms. The highest BCUT2D eigenvalue weighted by Gasteiger charge is 2.63. The lowest BCUT2D eigenvalue weighted by atomic mass is 9.44. The smallest absolute Gasteiger partial charge is 0.302 e. The average Bonchev–Trinajstić information content (AvgIpc) is 2.92. The third kappa shape index (κ3) is 3.00. The minimum atomic E-state index is -0.244. The predicted octanol–water partition coefficient (Wildman–Crippen LogP) is 4.07. The summed E-state index contributed by atoms with van der Waals surface area (Å²) >= 11 is 0. The van der Waals surface area contributed by atoms with Gasteiger partial charge in [-0.25, -0.2) is 0 Å². The van der Waals surface area contributed by atoms with Gasteiger partial charge in [0.25, 0.3) is 0 Å². The molecule has 4 aliphatic carbocycles. The first-order valence-electron chi connectivity index (χ1n) is 11.0. The standard InChI is InChI=1S/C23H34O5/c1-13(24)27-20-12-16-17-5-6-21(28-14(2)25)23(17,4)10-8-18(16)22(3)9-7-15(26)11-19(20)22/h16-21H,5-12H2,1-4H3/t16-,17-,18+,19?,20?,21?,22+,23-/m0/s1. The highest BCUT2D eigenvalue weighted by Crippen LogP contribution is 2.66. The molecule has 0 saturated heterocycles. The predicted molar refractivity (Wildman–Crippen MR) is 103 cm³/mol. The van der Waals surface area contributed by atoms with Crippen molar-refractivity contribution in [2.45, 2.75) is 91.3 Å². The zero-order valence-electron chi connectivity index (χ0n) is 17.7. The van der Waals surface area contributed by atoms with Gasteiger partial charge in [0.15, 0.2) is 0 Å². The van der Waals surface area contributed by atoms with Crippen LogP contribution in [-0.4, -0.2) is 29.9 Å². The molecule has 0 aromatic heterocycles. The van der Waals surface area contributed by atoms with Crippen molar-refractivity contribution in [1.82, 2.24) is 0 Å². The SMILES string of the molecule is CC(=O)OC1C[C@@H]2[C@@H](CC[C@]3(C)C(OC(C)=O)CC[C@@H]23)[C@@]2(C)CCC(=O)CC12. The van der Waals surface area contributed by atoms with Crippen molar-refractivity contribution in [2.75, 3.05) is 0 Å². The number of hydrogen-bond donors (Lipinski definition) is 0. The fraction of sp³-hybridized carbons (Fsp3) is 0.870. The van der Waals surface area contributed by atoms with Gasteiger partial charge in [0, 0.05) is 38.0 Å². The van der Waals surface area contributed by atoms with Gasteiger partial charge in [-0.15, -0.1) is 0 Å². The molecule has 0 aromatic rings. The maximum Gasteiger partial charge on any atom is 0.302 e. The topological polar surface area (TPSA) is 69.7 Å².